The maximum Gasteiger partial charge on any atom is 0.273 e. The zero-order chi connectivity index (χ0) is 24.7. The molecule has 34 heavy (non-hydrogen) atoms. The van der Waals surface area contributed by atoms with Gasteiger partial charge in [0.1, 0.15) is 23.7 Å². The summed E-state index contributed by atoms with van der Waals surface area (Å²) in [4.78, 5) is 42.7. The summed E-state index contributed by atoms with van der Waals surface area (Å²) in [5.74, 6) is 0.805. The molecular formula is C25H30N4O5. The number of hydrogen-bond donors (Lipinski definition) is 2. The van der Waals surface area contributed by atoms with Crippen LogP contribution in [0.15, 0.2) is 47.3 Å². The largest absolute Gasteiger partial charge is 0.497 e. The van der Waals surface area contributed by atoms with Gasteiger partial charge in [-0.15, -0.1) is 0 Å². The molecule has 0 atom stereocenters. The van der Waals surface area contributed by atoms with Gasteiger partial charge in [0.2, 0.25) is 11.8 Å². The Kier molecular flexibility index (Phi) is 8.24. The normalized spacial score (nSPS) is 10.9. The first-order chi connectivity index (χ1) is 16.3. The third-order valence-electron chi connectivity index (χ3n) is 5.20. The van der Waals surface area contributed by atoms with Crippen molar-refractivity contribution < 1.29 is 19.1 Å². The van der Waals surface area contributed by atoms with E-state index in [-0.39, 0.29) is 31.0 Å². The van der Waals surface area contributed by atoms with Crippen LogP contribution >= 0.6 is 0 Å². The number of fused-ring (bicyclic) bond motifs is 1. The van der Waals surface area contributed by atoms with E-state index in [0.29, 0.717) is 40.7 Å². The van der Waals surface area contributed by atoms with Gasteiger partial charge < -0.3 is 20.1 Å². The van der Waals surface area contributed by atoms with Crippen molar-refractivity contribution in [2.45, 2.75) is 33.2 Å². The van der Waals surface area contributed by atoms with Gasteiger partial charge in [0, 0.05) is 25.5 Å². The highest BCUT2D eigenvalue weighted by Crippen LogP contribution is 2.28. The highest BCUT2D eigenvalue weighted by molar-refractivity contribution is 5.93. The topological polar surface area (TPSA) is 112 Å². The second kappa shape index (κ2) is 11.3. The standard InChI is InChI=1S/C25H30N4O5/c1-16(2)14-26-23(30)12-10-19-25(32)29(21-8-6-5-7-18(21)27-19)15-24(31)28-20-13-17(33-3)9-11-22(20)34-4/h5-9,11,13,16H,10,12,14-15H2,1-4H3,(H,26,30)(H,28,31). The molecule has 3 rings (SSSR count). The smallest absolute Gasteiger partial charge is 0.273 e. The van der Waals surface area contributed by atoms with Crippen molar-refractivity contribution in [2.75, 3.05) is 26.1 Å². The number of nitrogens with one attached hydrogen (secondary N) is 2. The fourth-order valence-electron chi connectivity index (χ4n) is 3.45. The quantitative estimate of drug-likeness (QED) is 0.475. The van der Waals surface area contributed by atoms with Gasteiger partial charge in [0.25, 0.3) is 5.56 Å². The number of benzene rings is 2. The SMILES string of the molecule is COc1ccc(OC)c(NC(=O)Cn2c(=O)c(CCC(=O)NCC(C)C)nc3ccccc32)c1. The van der Waals surface area contributed by atoms with Gasteiger partial charge in [0.15, 0.2) is 0 Å². The highest BCUT2D eigenvalue weighted by atomic mass is 16.5. The molecule has 2 amide bonds. The highest BCUT2D eigenvalue weighted by Gasteiger charge is 2.16. The van der Waals surface area contributed by atoms with Crippen molar-refractivity contribution in [3.05, 3.63) is 58.5 Å². The zero-order valence-corrected chi connectivity index (χ0v) is 19.9. The lowest BCUT2D eigenvalue weighted by Crippen LogP contribution is -2.32. The van der Waals surface area contributed by atoms with Crippen molar-refractivity contribution in [1.82, 2.24) is 14.9 Å². The number of carbonyl (C=O) groups excluding carboxylic acids is 2. The van der Waals surface area contributed by atoms with Crippen LogP contribution in [0.25, 0.3) is 11.0 Å². The first-order valence-electron chi connectivity index (χ1n) is 11.1. The molecule has 3 aromatic rings. The van der Waals surface area contributed by atoms with E-state index in [0.717, 1.165) is 0 Å². The van der Waals surface area contributed by atoms with Gasteiger partial charge in [-0.05, 0) is 30.2 Å². The molecule has 1 heterocycles. The monoisotopic (exact) mass is 466 g/mol. The number of ether oxygens (including phenoxy) is 2. The molecule has 0 bridgehead atoms. The molecule has 2 aromatic carbocycles. The van der Waals surface area contributed by atoms with E-state index in [4.69, 9.17) is 9.47 Å². The number of aryl methyl sites for hydroxylation is 1. The van der Waals surface area contributed by atoms with E-state index >= 15 is 0 Å². The minimum absolute atomic E-state index is 0.139. The van der Waals surface area contributed by atoms with E-state index < -0.39 is 11.5 Å². The summed E-state index contributed by atoms with van der Waals surface area (Å²) in [6.45, 7) is 4.36. The van der Waals surface area contributed by atoms with Crippen LogP contribution in [0.4, 0.5) is 5.69 Å². The van der Waals surface area contributed by atoms with Gasteiger partial charge in [-0.25, -0.2) is 4.98 Å². The van der Waals surface area contributed by atoms with Crippen LogP contribution in [-0.2, 0) is 22.6 Å². The number of aromatic nitrogens is 2. The fraction of sp³-hybridized carbons (Fsp3) is 0.360. The van der Waals surface area contributed by atoms with Crippen LogP contribution in [0.3, 0.4) is 0 Å². The van der Waals surface area contributed by atoms with Gasteiger partial charge in [-0.2, -0.15) is 0 Å². The Morgan fingerprint density at radius 3 is 2.53 bits per heavy atom. The summed E-state index contributed by atoms with van der Waals surface area (Å²) in [5.41, 5.74) is 1.38. The molecule has 0 spiro atoms. The van der Waals surface area contributed by atoms with Crippen LogP contribution in [0.2, 0.25) is 0 Å². The van der Waals surface area contributed by atoms with Gasteiger partial charge in [0.05, 0.1) is 30.9 Å². The first kappa shape index (κ1) is 24.8. The second-order valence-corrected chi connectivity index (χ2v) is 8.25. The Morgan fingerprint density at radius 2 is 1.82 bits per heavy atom. The lowest BCUT2D eigenvalue weighted by molar-refractivity contribution is -0.121. The number of nitrogens with zero attached hydrogens (tertiary/aromatic N) is 2. The molecule has 0 unspecified atom stereocenters. The summed E-state index contributed by atoms with van der Waals surface area (Å²) < 4.78 is 11.9. The van der Waals surface area contributed by atoms with Crippen LogP contribution in [0.5, 0.6) is 11.5 Å². The molecular weight excluding hydrogens is 436 g/mol. The molecule has 0 aliphatic rings. The molecule has 1 aromatic heterocycles. The minimum atomic E-state index is -0.411. The fourth-order valence-corrected chi connectivity index (χ4v) is 3.45. The number of para-hydroxylation sites is 2. The third-order valence-corrected chi connectivity index (χ3v) is 5.20. The molecule has 0 fully saturated rings. The number of methoxy groups -OCH3 is 2. The molecule has 180 valence electrons. The Hall–Kier alpha value is -3.88. The number of hydrogen-bond acceptors (Lipinski definition) is 6. The van der Waals surface area contributed by atoms with E-state index in [1.807, 2.05) is 19.9 Å². The Bertz CT molecular complexity index is 1240. The number of anilines is 1. The minimum Gasteiger partial charge on any atom is -0.497 e. The third kappa shape index (κ3) is 6.12. The summed E-state index contributed by atoms with van der Waals surface area (Å²) in [7, 11) is 3.03. The average Bonchev–Trinajstić information content (AvgIpc) is 2.83. The lowest BCUT2D eigenvalue weighted by atomic mass is 10.2. The molecule has 0 radical (unpaired) electrons. The number of carbonyl (C=O) groups is 2. The van der Waals surface area contributed by atoms with Crippen molar-refractivity contribution in [3.8, 4) is 11.5 Å². The van der Waals surface area contributed by atoms with E-state index in [9.17, 15) is 14.4 Å². The molecule has 0 aliphatic heterocycles. The van der Waals surface area contributed by atoms with Crippen LogP contribution < -0.4 is 25.7 Å². The summed E-state index contributed by atoms with van der Waals surface area (Å²) in [5, 5.41) is 5.63. The van der Waals surface area contributed by atoms with E-state index in [2.05, 4.69) is 15.6 Å². The number of amides is 2. The predicted octanol–water partition coefficient (Wildman–Crippen LogP) is 2.76. The van der Waals surface area contributed by atoms with Gasteiger partial charge in [-0.1, -0.05) is 26.0 Å². The molecule has 9 heteroatoms. The summed E-state index contributed by atoms with van der Waals surface area (Å²) >= 11 is 0. The molecule has 0 saturated heterocycles. The van der Waals surface area contributed by atoms with Gasteiger partial charge >= 0.3 is 0 Å². The Balaban J connectivity index is 1.85. The first-order valence-corrected chi connectivity index (χ1v) is 11.1. The average molecular weight is 467 g/mol. The van der Waals surface area contributed by atoms with Crippen molar-refractivity contribution >= 4 is 28.5 Å². The van der Waals surface area contributed by atoms with Gasteiger partial charge in [-0.3, -0.25) is 19.0 Å². The zero-order valence-electron chi connectivity index (χ0n) is 19.9. The Labute approximate surface area is 198 Å². The number of rotatable bonds is 10. The van der Waals surface area contributed by atoms with Crippen LogP contribution in [-0.4, -0.2) is 42.1 Å². The van der Waals surface area contributed by atoms with Crippen molar-refractivity contribution in [3.63, 3.8) is 0 Å². The van der Waals surface area contributed by atoms with E-state index in [1.165, 1.54) is 18.8 Å². The molecule has 0 aliphatic carbocycles. The summed E-state index contributed by atoms with van der Waals surface area (Å²) in [6, 6.07) is 12.2. The molecule has 0 saturated carbocycles. The maximum atomic E-state index is 13.2. The molecule has 2 N–H and O–H groups in total. The Morgan fingerprint density at radius 1 is 1.06 bits per heavy atom. The van der Waals surface area contributed by atoms with Crippen molar-refractivity contribution in [2.24, 2.45) is 5.92 Å². The lowest BCUT2D eigenvalue weighted by Gasteiger charge is -2.14. The van der Waals surface area contributed by atoms with Crippen LogP contribution in [0, 0.1) is 5.92 Å². The maximum absolute atomic E-state index is 13.2. The van der Waals surface area contributed by atoms with Crippen LogP contribution in [0.1, 0.15) is 26.0 Å². The summed E-state index contributed by atoms with van der Waals surface area (Å²) in [6.07, 6.45) is 0.319. The molecule has 9 nitrogen and oxygen atoms in total. The predicted molar refractivity (Wildman–Crippen MR) is 130 cm³/mol. The van der Waals surface area contributed by atoms with Crippen molar-refractivity contribution in [1.29, 1.82) is 0 Å². The van der Waals surface area contributed by atoms with E-state index in [1.54, 1.807) is 36.4 Å². The second-order valence-electron chi connectivity index (χ2n) is 8.25.